The van der Waals surface area contributed by atoms with E-state index in [1.165, 1.54) is 0 Å². The molecule has 0 aliphatic heterocycles. The van der Waals surface area contributed by atoms with E-state index in [-0.39, 0.29) is 11.4 Å². The Hall–Kier alpha value is -1.59. The van der Waals surface area contributed by atoms with E-state index in [9.17, 15) is 4.79 Å². The number of aromatic nitrogens is 2. The number of amides is 1. The van der Waals surface area contributed by atoms with E-state index in [0.717, 1.165) is 0 Å². The number of hydrogen-bond donors (Lipinski definition) is 2. The smallest absolute Gasteiger partial charge is 0.321 e. The Morgan fingerprint density at radius 2 is 2.12 bits per heavy atom. The van der Waals surface area contributed by atoms with Crippen molar-refractivity contribution in [2.75, 3.05) is 11.9 Å². The normalized spacial score (nSPS) is 11.2. The first kappa shape index (κ1) is 12.5. The van der Waals surface area contributed by atoms with Crippen molar-refractivity contribution in [1.29, 1.82) is 0 Å². The molecule has 0 aliphatic rings. The van der Waals surface area contributed by atoms with Crippen molar-refractivity contribution in [2.45, 2.75) is 39.7 Å². The third kappa shape index (κ3) is 4.77. The maximum Gasteiger partial charge on any atom is 0.321 e. The van der Waals surface area contributed by atoms with E-state index in [4.69, 9.17) is 4.52 Å². The molecular weight excluding hydrogens is 208 g/mol. The van der Waals surface area contributed by atoms with Gasteiger partial charge in [-0.15, -0.1) is 0 Å². The van der Waals surface area contributed by atoms with Gasteiger partial charge >= 0.3 is 6.01 Å². The molecular formula is C10H18N4O2. The molecule has 1 heterocycles. The molecule has 0 saturated carbocycles. The first-order valence-corrected chi connectivity index (χ1v) is 5.22. The lowest BCUT2D eigenvalue weighted by molar-refractivity contribution is -0.122. The minimum absolute atomic E-state index is 0.00348. The first-order chi connectivity index (χ1) is 7.37. The Morgan fingerprint density at radius 3 is 2.62 bits per heavy atom. The van der Waals surface area contributed by atoms with Gasteiger partial charge in [0.25, 0.3) is 0 Å². The number of nitrogens with one attached hydrogen (secondary N) is 2. The maximum atomic E-state index is 11.4. The van der Waals surface area contributed by atoms with Crippen LogP contribution < -0.4 is 10.6 Å². The molecule has 2 N–H and O–H groups in total. The molecule has 6 nitrogen and oxygen atoms in total. The molecule has 1 aromatic rings. The van der Waals surface area contributed by atoms with Gasteiger partial charge in [-0.1, -0.05) is 5.16 Å². The van der Waals surface area contributed by atoms with Gasteiger partial charge in [-0.3, -0.25) is 4.79 Å². The van der Waals surface area contributed by atoms with E-state index in [0.29, 0.717) is 24.8 Å². The summed E-state index contributed by atoms with van der Waals surface area (Å²) >= 11 is 0. The van der Waals surface area contributed by atoms with E-state index in [1.54, 1.807) is 6.92 Å². The largest absolute Gasteiger partial charge is 0.351 e. The number of rotatable bonds is 4. The fourth-order valence-electron chi connectivity index (χ4n) is 1.13. The number of hydrogen-bond acceptors (Lipinski definition) is 5. The Balaban J connectivity index is 2.23. The lowest BCUT2D eigenvalue weighted by atomic mass is 10.1. The monoisotopic (exact) mass is 226 g/mol. The SMILES string of the molecule is Cc1noc(NCCC(=O)NC(C)(C)C)n1. The molecule has 0 unspecified atom stereocenters. The number of nitrogens with zero attached hydrogens (tertiary/aromatic N) is 2. The first-order valence-electron chi connectivity index (χ1n) is 5.22. The van der Waals surface area contributed by atoms with Crippen molar-refractivity contribution in [3.05, 3.63) is 5.82 Å². The topological polar surface area (TPSA) is 80.0 Å². The zero-order valence-corrected chi connectivity index (χ0v) is 10.1. The van der Waals surface area contributed by atoms with Gasteiger partial charge in [0.15, 0.2) is 5.82 Å². The molecule has 6 heteroatoms. The predicted molar refractivity (Wildman–Crippen MR) is 60.0 cm³/mol. The van der Waals surface area contributed by atoms with Gasteiger partial charge in [-0.05, 0) is 27.7 Å². The van der Waals surface area contributed by atoms with Crippen molar-refractivity contribution in [3.63, 3.8) is 0 Å². The number of aryl methyl sites for hydroxylation is 1. The van der Waals surface area contributed by atoms with Crippen molar-refractivity contribution >= 4 is 11.9 Å². The predicted octanol–water partition coefficient (Wildman–Crippen LogP) is 1.09. The van der Waals surface area contributed by atoms with Crippen LogP contribution in [0.4, 0.5) is 6.01 Å². The number of carbonyl (C=O) groups is 1. The average molecular weight is 226 g/mol. The standard InChI is InChI=1S/C10H18N4O2/c1-7-12-9(16-14-7)11-6-5-8(15)13-10(2,3)4/h5-6H2,1-4H3,(H,13,15)(H,11,12,14). The van der Waals surface area contributed by atoms with Crippen LogP contribution in [-0.2, 0) is 4.79 Å². The average Bonchev–Trinajstić information content (AvgIpc) is 2.48. The van der Waals surface area contributed by atoms with E-state index >= 15 is 0 Å². The van der Waals surface area contributed by atoms with E-state index < -0.39 is 0 Å². The zero-order chi connectivity index (χ0) is 12.2. The molecule has 1 aromatic heterocycles. The highest BCUT2D eigenvalue weighted by Gasteiger charge is 2.13. The lowest BCUT2D eigenvalue weighted by Crippen LogP contribution is -2.41. The highest BCUT2D eigenvalue weighted by molar-refractivity contribution is 5.77. The van der Waals surface area contributed by atoms with Gasteiger partial charge in [-0.25, -0.2) is 0 Å². The van der Waals surface area contributed by atoms with E-state index in [1.807, 2.05) is 20.8 Å². The van der Waals surface area contributed by atoms with Gasteiger partial charge in [0.05, 0.1) is 0 Å². The lowest BCUT2D eigenvalue weighted by Gasteiger charge is -2.20. The fraction of sp³-hybridized carbons (Fsp3) is 0.700. The Morgan fingerprint density at radius 1 is 1.44 bits per heavy atom. The molecule has 0 atom stereocenters. The van der Waals surface area contributed by atoms with Crippen molar-refractivity contribution < 1.29 is 9.32 Å². The second-order valence-electron chi connectivity index (χ2n) is 4.62. The van der Waals surface area contributed by atoms with Gasteiger partial charge in [0.2, 0.25) is 5.91 Å². The summed E-state index contributed by atoms with van der Waals surface area (Å²) in [5.41, 5.74) is -0.196. The Bertz CT molecular complexity index is 354. The summed E-state index contributed by atoms with van der Waals surface area (Å²) < 4.78 is 4.84. The summed E-state index contributed by atoms with van der Waals surface area (Å²) in [6.45, 7) is 8.05. The molecule has 1 rings (SSSR count). The van der Waals surface area contributed by atoms with Gasteiger partial charge in [0, 0.05) is 18.5 Å². The highest BCUT2D eigenvalue weighted by Crippen LogP contribution is 2.02. The Kier molecular flexibility index (Phi) is 3.87. The quantitative estimate of drug-likeness (QED) is 0.803. The molecule has 0 fully saturated rings. The van der Waals surface area contributed by atoms with Crippen LogP contribution in [0.1, 0.15) is 33.0 Å². The minimum atomic E-state index is -0.196. The maximum absolute atomic E-state index is 11.4. The van der Waals surface area contributed by atoms with Crippen molar-refractivity contribution in [2.24, 2.45) is 0 Å². The molecule has 90 valence electrons. The van der Waals surface area contributed by atoms with E-state index in [2.05, 4.69) is 20.8 Å². The molecule has 0 bridgehead atoms. The number of carbonyl (C=O) groups excluding carboxylic acids is 1. The van der Waals surface area contributed by atoms with Crippen molar-refractivity contribution in [3.8, 4) is 0 Å². The molecule has 0 radical (unpaired) electrons. The molecule has 0 spiro atoms. The highest BCUT2D eigenvalue weighted by atomic mass is 16.5. The van der Waals surface area contributed by atoms with Crippen LogP contribution >= 0.6 is 0 Å². The van der Waals surface area contributed by atoms with Gasteiger partial charge < -0.3 is 15.2 Å². The third-order valence-electron chi connectivity index (χ3n) is 1.67. The van der Waals surface area contributed by atoms with Crippen LogP contribution in [0.15, 0.2) is 4.52 Å². The van der Waals surface area contributed by atoms with Gasteiger partial charge in [-0.2, -0.15) is 4.98 Å². The summed E-state index contributed by atoms with van der Waals surface area (Å²) in [6, 6.07) is 0.348. The van der Waals surface area contributed by atoms with Crippen LogP contribution in [-0.4, -0.2) is 28.1 Å². The van der Waals surface area contributed by atoms with Crippen LogP contribution in [0, 0.1) is 6.92 Å². The second-order valence-corrected chi connectivity index (χ2v) is 4.62. The molecule has 0 aliphatic carbocycles. The van der Waals surface area contributed by atoms with Crippen LogP contribution in [0.25, 0.3) is 0 Å². The van der Waals surface area contributed by atoms with Crippen LogP contribution in [0.5, 0.6) is 0 Å². The fourth-order valence-corrected chi connectivity index (χ4v) is 1.13. The zero-order valence-electron chi connectivity index (χ0n) is 10.1. The summed E-state index contributed by atoms with van der Waals surface area (Å²) in [6.07, 6.45) is 0.374. The van der Waals surface area contributed by atoms with Crippen LogP contribution in [0.2, 0.25) is 0 Å². The Labute approximate surface area is 94.8 Å². The van der Waals surface area contributed by atoms with Gasteiger partial charge in [0.1, 0.15) is 0 Å². The summed E-state index contributed by atoms with van der Waals surface area (Å²) in [5, 5.41) is 9.37. The second kappa shape index (κ2) is 4.96. The number of anilines is 1. The van der Waals surface area contributed by atoms with Crippen molar-refractivity contribution in [1.82, 2.24) is 15.5 Å². The third-order valence-corrected chi connectivity index (χ3v) is 1.67. The van der Waals surface area contributed by atoms with Crippen LogP contribution in [0.3, 0.4) is 0 Å². The summed E-state index contributed by atoms with van der Waals surface area (Å²) in [7, 11) is 0. The summed E-state index contributed by atoms with van der Waals surface area (Å²) in [5.74, 6) is 0.567. The molecule has 0 aromatic carbocycles. The minimum Gasteiger partial charge on any atom is -0.351 e. The molecule has 16 heavy (non-hydrogen) atoms. The summed E-state index contributed by atoms with van der Waals surface area (Å²) in [4.78, 5) is 15.4. The molecule has 0 saturated heterocycles. The molecule has 1 amide bonds.